The number of unbranched alkanes of at least 4 members (excludes halogenated alkanes) is 1. The van der Waals surface area contributed by atoms with E-state index < -0.39 is 0 Å². The second-order valence-corrected chi connectivity index (χ2v) is 7.96. The number of amides is 1. The van der Waals surface area contributed by atoms with Crippen molar-refractivity contribution in [3.8, 4) is 5.75 Å². The molecule has 1 saturated heterocycles. The van der Waals surface area contributed by atoms with Crippen molar-refractivity contribution in [3.05, 3.63) is 27.7 Å². The smallest absolute Gasteiger partial charge is 0.251 e. The second-order valence-electron chi connectivity index (χ2n) is 7.14. The predicted octanol–water partition coefficient (Wildman–Crippen LogP) is 4.49. The van der Waals surface area contributed by atoms with Gasteiger partial charge in [0.05, 0.1) is 17.2 Å². The molecule has 4 nitrogen and oxygen atoms in total. The average Bonchev–Trinajstić information content (AvgIpc) is 2.53. The molecular formula is C19H28Cl2N2O2. The van der Waals surface area contributed by atoms with E-state index in [1.807, 2.05) is 0 Å². The highest BCUT2D eigenvalue weighted by atomic mass is 35.5. The number of ether oxygens (including phenoxy) is 1. The summed E-state index contributed by atoms with van der Waals surface area (Å²) >= 11 is 12.2. The zero-order chi connectivity index (χ0) is 18.4. The summed E-state index contributed by atoms with van der Waals surface area (Å²) in [4.78, 5) is 14.8. The SMILES string of the molecule is COc1c(Cl)cc(C(=O)NCCCCN2CC(C)CC(C)C2)cc1Cl. The molecule has 0 radical (unpaired) electrons. The fourth-order valence-electron chi connectivity index (χ4n) is 3.62. The Balaban J connectivity index is 1.72. The molecule has 6 heteroatoms. The lowest BCUT2D eigenvalue weighted by Gasteiger charge is -2.34. The van der Waals surface area contributed by atoms with E-state index in [-0.39, 0.29) is 5.91 Å². The Labute approximate surface area is 160 Å². The van der Waals surface area contributed by atoms with E-state index in [4.69, 9.17) is 27.9 Å². The van der Waals surface area contributed by atoms with E-state index in [1.54, 1.807) is 12.1 Å². The zero-order valence-corrected chi connectivity index (χ0v) is 16.8. The number of benzene rings is 1. The van der Waals surface area contributed by atoms with Gasteiger partial charge in [0.1, 0.15) is 0 Å². The van der Waals surface area contributed by atoms with Crippen LogP contribution in [0.2, 0.25) is 10.0 Å². The van der Waals surface area contributed by atoms with Gasteiger partial charge < -0.3 is 15.0 Å². The molecule has 1 amide bonds. The topological polar surface area (TPSA) is 41.6 Å². The third kappa shape index (κ3) is 6.05. The van der Waals surface area contributed by atoms with Crippen LogP contribution in [0.4, 0.5) is 0 Å². The van der Waals surface area contributed by atoms with E-state index in [9.17, 15) is 4.79 Å². The molecule has 0 saturated carbocycles. The maximum Gasteiger partial charge on any atom is 0.251 e. The third-order valence-corrected chi connectivity index (χ3v) is 5.16. The van der Waals surface area contributed by atoms with Crippen LogP contribution >= 0.6 is 23.2 Å². The number of hydrogen-bond donors (Lipinski definition) is 1. The second kappa shape index (κ2) is 9.65. The van der Waals surface area contributed by atoms with Gasteiger partial charge in [-0.05, 0) is 49.8 Å². The predicted molar refractivity (Wildman–Crippen MR) is 104 cm³/mol. The summed E-state index contributed by atoms with van der Waals surface area (Å²) < 4.78 is 5.10. The van der Waals surface area contributed by atoms with E-state index in [1.165, 1.54) is 26.6 Å². The first-order valence-corrected chi connectivity index (χ1v) is 9.70. The Morgan fingerprint density at radius 3 is 2.36 bits per heavy atom. The molecule has 1 aromatic carbocycles. The first kappa shape index (κ1) is 20.3. The summed E-state index contributed by atoms with van der Waals surface area (Å²) in [5.41, 5.74) is 0.453. The van der Waals surface area contributed by atoms with Crippen molar-refractivity contribution in [1.29, 1.82) is 0 Å². The minimum atomic E-state index is -0.160. The number of methoxy groups -OCH3 is 1. The van der Waals surface area contributed by atoms with Crippen LogP contribution in [0, 0.1) is 11.8 Å². The molecule has 140 valence electrons. The third-order valence-electron chi connectivity index (χ3n) is 4.60. The monoisotopic (exact) mass is 386 g/mol. The van der Waals surface area contributed by atoms with Gasteiger partial charge in [0.2, 0.25) is 0 Å². The first-order valence-electron chi connectivity index (χ1n) is 8.94. The van der Waals surface area contributed by atoms with E-state index in [0.717, 1.165) is 31.2 Å². The molecule has 2 atom stereocenters. The minimum absolute atomic E-state index is 0.160. The van der Waals surface area contributed by atoms with Gasteiger partial charge in [-0.25, -0.2) is 0 Å². The van der Waals surface area contributed by atoms with Crippen LogP contribution in [0.5, 0.6) is 5.75 Å². The summed E-state index contributed by atoms with van der Waals surface area (Å²) in [6.45, 7) is 8.80. The molecule has 1 heterocycles. The van der Waals surface area contributed by atoms with Crippen LogP contribution in [0.15, 0.2) is 12.1 Å². The van der Waals surface area contributed by atoms with E-state index >= 15 is 0 Å². The number of nitrogens with zero attached hydrogens (tertiary/aromatic N) is 1. The van der Waals surface area contributed by atoms with Gasteiger partial charge in [0.25, 0.3) is 5.91 Å². The Kier molecular flexibility index (Phi) is 7.85. The minimum Gasteiger partial charge on any atom is -0.494 e. The fourth-order valence-corrected chi connectivity index (χ4v) is 4.27. The van der Waals surface area contributed by atoms with Gasteiger partial charge in [-0.2, -0.15) is 0 Å². The Hall–Kier alpha value is -0.970. The van der Waals surface area contributed by atoms with Crippen molar-refractivity contribution in [2.24, 2.45) is 11.8 Å². The number of carbonyl (C=O) groups excluding carboxylic acids is 1. The Morgan fingerprint density at radius 1 is 1.20 bits per heavy atom. The highest BCUT2D eigenvalue weighted by molar-refractivity contribution is 6.37. The molecule has 0 aliphatic carbocycles. The van der Waals surface area contributed by atoms with Crippen LogP contribution in [0.3, 0.4) is 0 Å². The van der Waals surface area contributed by atoms with E-state index in [2.05, 4.69) is 24.1 Å². The van der Waals surface area contributed by atoms with Crippen molar-refractivity contribution in [2.45, 2.75) is 33.1 Å². The maximum absolute atomic E-state index is 12.2. The number of piperidine rings is 1. The van der Waals surface area contributed by atoms with E-state index in [0.29, 0.717) is 27.9 Å². The fraction of sp³-hybridized carbons (Fsp3) is 0.632. The molecule has 0 aromatic heterocycles. The maximum atomic E-state index is 12.2. The van der Waals surface area contributed by atoms with Crippen LogP contribution in [0.25, 0.3) is 0 Å². The normalized spacial score (nSPS) is 21.2. The number of hydrogen-bond acceptors (Lipinski definition) is 3. The molecule has 1 aliphatic heterocycles. The molecule has 1 aromatic rings. The molecule has 0 spiro atoms. The van der Waals surface area contributed by atoms with Crippen molar-refractivity contribution in [3.63, 3.8) is 0 Å². The van der Waals surface area contributed by atoms with Gasteiger partial charge in [0.15, 0.2) is 5.75 Å². The van der Waals surface area contributed by atoms with Crippen LogP contribution in [0.1, 0.15) is 43.5 Å². The first-order chi connectivity index (χ1) is 11.9. The lowest BCUT2D eigenvalue weighted by atomic mass is 9.92. The van der Waals surface area contributed by atoms with Gasteiger partial charge in [-0.3, -0.25) is 4.79 Å². The van der Waals surface area contributed by atoms with Gasteiger partial charge in [-0.1, -0.05) is 37.0 Å². The van der Waals surface area contributed by atoms with Gasteiger partial charge in [0, 0.05) is 25.2 Å². The number of carbonyl (C=O) groups is 1. The summed E-state index contributed by atoms with van der Waals surface area (Å²) in [7, 11) is 1.50. The van der Waals surface area contributed by atoms with Crippen LogP contribution < -0.4 is 10.1 Å². The van der Waals surface area contributed by atoms with Gasteiger partial charge in [-0.15, -0.1) is 0 Å². The highest BCUT2D eigenvalue weighted by Gasteiger charge is 2.21. The number of nitrogens with one attached hydrogen (secondary N) is 1. The summed E-state index contributed by atoms with van der Waals surface area (Å²) in [6.07, 6.45) is 3.38. The lowest BCUT2D eigenvalue weighted by Crippen LogP contribution is -2.39. The summed E-state index contributed by atoms with van der Waals surface area (Å²) in [5.74, 6) is 1.80. The highest BCUT2D eigenvalue weighted by Crippen LogP contribution is 2.33. The molecule has 0 bridgehead atoms. The molecule has 2 rings (SSSR count). The van der Waals surface area contributed by atoms with Crippen LogP contribution in [-0.2, 0) is 0 Å². The summed E-state index contributed by atoms with van der Waals surface area (Å²) in [5, 5.41) is 3.61. The molecular weight excluding hydrogens is 359 g/mol. The number of likely N-dealkylation sites (tertiary alicyclic amines) is 1. The van der Waals surface area contributed by atoms with Crippen LogP contribution in [-0.4, -0.2) is 44.1 Å². The standard InChI is InChI=1S/C19H28Cl2N2O2/c1-13-8-14(2)12-23(11-13)7-5-4-6-22-19(24)15-9-16(20)18(25-3)17(21)10-15/h9-10,13-14H,4-8,11-12H2,1-3H3,(H,22,24). The Bertz CT molecular complexity index is 562. The molecule has 2 unspecified atom stereocenters. The van der Waals surface area contributed by atoms with Crippen molar-refractivity contribution >= 4 is 29.1 Å². The largest absolute Gasteiger partial charge is 0.494 e. The summed E-state index contributed by atoms with van der Waals surface area (Å²) in [6, 6.07) is 3.16. The van der Waals surface area contributed by atoms with Gasteiger partial charge >= 0.3 is 0 Å². The molecule has 1 fully saturated rings. The lowest BCUT2D eigenvalue weighted by molar-refractivity contribution is 0.0951. The molecule has 1 N–H and O–H groups in total. The quantitative estimate of drug-likeness (QED) is 0.701. The average molecular weight is 387 g/mol. The molecule has 25 heavy (non-hydrogen) atoms. The molecule has 1 aliphatic rings. The number of rotatable bonds is 7. The Morgan fingerprint density at radius 2 is 1.80 bits per heavy atom. The van der Waals surface area contributed by atoms with Crippen molar-refractivity contribution < 1.29 is 9.53 Å². The van der Waals surface area contributed by atoms with Crippen molar-refractivity contribution in [1.82, 2.24) is 10.2 Å². The zero-order valence-electron chi connectivity index (χ0n) is 15.3. The number of halogens is 2. The van der Waals surface area contributed by atoms with Crippen molar-refractivity contribution in [2.75, 3.05) is 33.3 Å².